The quantitative estimate of drug-likeness (QED) is 0.674. The molecule has 3 N–H and O–H groups in total. The molecular formula is C9H14N2O3S. The van der Waals surface area contributed by atoms with Crippen LogP contribution in [0.5, 0.6) is 0 Å². The first-order chi connectivity index (χ1) is 7.08. The summed E-state index contributed by atoms with van der Waals surface area (Å²) < 4.78 is 0. The molecule has 1 unspecified atom stereocenters. The molecule has 0 bridgehead atoms. The molecule has 15 heavy (non-hydrogen) atoms. The maximum Gasteiger partial charge on any atom is 0.304 e. The van der Waals surface area contributed by atoms with E-state index >= 15 is 0 Å². The van der Waals surface area contributed by atoms with Gasteiger partial charge in [0.2, 0.25) is 0 Å². The minimum atomic E-state index is -0.785. The average Bonchev–Trinajstić information content (AvgIpc) is 2.58. The van der Waals surface area contributed by atoms with Crippen LogP contribution in [-0.4, -0.2) is 22.1 Å². The zero-order valence-electron chi connectivity index (χ0n) is 8.45. The largest absolute Gasteiger partial charge is 0.481 e. The smallest absolute Gasteiger partial charge is 0.304 e. The molecule has 1 aromatic rings. The molecule has 0 radical (unpaired) electrons. The third-order valence-corrected chi connectivity index (χ3v) is 2.72. The van der Waals surface area contributed by atoms with Crippen molar-refractivity contribution >= 4 is 17.3 Å². The van der Waals surface area contributed by atoms with Gasteiger partial charge in [0.05, 0.1) is 0 Å². The highest BCUT2D eigenvalue weighted by Crippen LogP contribution is 1.99. The number of carboxylic acid groups (broad SMARTS) is 1. The van der Waals surface area contributed by atoms with Gasteiger partial charge in [-0.1, -0.05) is 11.3 Å². The van der Waals surface area contributed by atoms with E-state index in [4.69, 9.17) is 5.11 Å². The van der Waals surface area contributed by atoms with Gasteiger partial charge in [-0.05, 0) is 13.3 Å². The predicted molar refractivity (Wildman–Crippen MR) is 58.1 cm³/mol. The van der Waals surface area contributed by atoms with Crippen LogP contribution in [0.15, 0.2) is 10.2 Å². The van der Waals surface area contributed by atoms with Crippen LogP contribution in [0, 0.1) is 0 Å². The highest BCUT2D eigenvalue weighted by Gasteiger charge is 2.05. The number of thiazole rings is 1. The lowest BCUT2D eigenvalue weighted by Gasteiger charge is -2.11. The van der Waals surface area contributed by atoms with E-state index in [-0.39, 0.29) is 17.3 Å². The molecule has 0 amide bonds. The molecule has 0 saturated carbocycles. The molecule has 1 rings (SSSR count). The van der Waals surface area contributed by atoms with Crippen molar-refractivity contribution in [3.8, 4) is 0 Å². The average molecular weight is 230 g/mol. The molecule has 0 aliphatic heterocycles. The van der Waals surface area contributed by atoms with Gasteiger partial charge < -0.3 is 15.4 Å². The Balaban J connectivity index is 2.25. The summed E-state index contributed by atoms with van der Waals surface area (Å²) in [6.07, 6.45) is 0.748. The zero-order valence-corrected chi connectivity index (χ0v) is 9.26. The van der Waals surface area contributed by atoms with Crippen LogP contribution in [-0.2, 0) is 11.3 Å². The first-order valence-corrected chi connectivity index (χ1v) is 5.57. The highest BCUT2D eigenvalue weighted by atomic mass is 32.1. The number of hydrogen-bond acceptors (Lipinski definition) is 4. The van der Waals surface area contributed by atoms with Crippen LogP contribution in [0.3, 0.4) is 0 Å². The first kappa shape index (κ1) is 11.9. The molecule has 84 valence electrons. The molecule has 0 aromatic carbocycles. The lowest BCUT2D eigenvalue weighted by molar-refractivity contribution is -0.137. The lowest BCUT2D eigenvalue weighted by atomic mass is 10.2. The predicted octanol–water partition coefficient (Wildman–Crippen LogP) is 0.779. The van der Waals surface area contributed by atoms with E-state index in [9.17, 15) is 9.59 Å². The van der Waals surface area contributed by atoms with E-state index in [0.29, 0.717) is 13.0 Å². The Kier molecular flexibility index (Phi) is 4.51. The fourth-order valence-corrected chi connectivity index (χ4v) is 1.71. The van der Waals surface area contributed by atoms with E-state index in [0.717, 1.165) is 17.0 Å². The topological polar surface area (TPSA) is 82.2 Å². The number of H-pyrrole nitrogens is 1. The number of hydrogen-bond donors (Lipinski definition) is 3. The number of nitrogens with one attached hydrogen (secondary N) is 2. The van der Waals surface area contributed by atoms with Crippen LogP contribution in [0.1, 0.15) is 25.5 Å². The molecule has 1 heterocycles. The van der Waals surface area contributed by atoms with Crippen molar-refractivity contribution in [2.75, 3.05) is 0 Å². The number of carbonyl (C=O) groups is 1. The third kappa shape index (κ3) is 4.75. The molecular weight excluding hydrogens is 216 g/mol. The van der Waals surface area contributed by atoms with Gasteiger partial charge >= 0.3 is 10.8 Å². The minimum absolute atomic E-state index is 0.0648. The molecule has 0 aliphatic rings. The molecule has 1 atom stereocenters. The second-order valence-corrected chi connectivity index (χ2v) is 4.23. The molecule has 6 heteroatoms. The Morgan fingerprint density at radius 3 is 3.00 bits per heavy atom. The monoisotopic (exact) mass is 230 g/mol. The van der Waals surface area contributed by atoms with Gasteiger partial charge in [0.1, 0.15) is 0 Å². The van der Waals surface area contributed by atoms with Gasteiger partial charge in [0, 0.05) is 30.1 Å². The summed E-state index contributed by atoms with van der Waals surface area (Å²) in [6, 6.07) is 0.129. The Morgan fingerprint density at radius 2 is 2.47 bits per heavy atom. The highest BCUT2D eigenvalue weighted by molar-refractivity contribution is 7.07. The SMILES string of the molecule is CC(CCC(=O)O)NCc1csc(=O)[nH]1. The van der Waals surface area contributed by atoms with Gasteiger partial charge in [0.15, 0.2) is 0 Å². The molecule has 0 aliphatic carbocycles. The van der Waals surface area contributed by atoms with E-state index in [2.05, 4.69) is 10.3 Å². The van der Waals surface area contributed by atoms with Crippen molar-refractivity contribution in [3.63, 3.8) is 0 Å². The van der Waals surface area contributed by atoms with Gasteiger partial charge in [0.25, 0.3) is 0 Å². The summed E-state index contributed by atoms with van der Waals surface area (Å²) in [5, 5.41) is 13.4. The van der Waals surface area contributed by atoms with Crippen LogP contribution in [0.25, 0.3) is 0 Å². The van der Waals surface area contributed by atoms with Crippen molar-refractivity contribution in [3.05, 3.63) is 20.7 Å². The van der Waals surface area contributed by atoms with E-state index in [1.54, 1.807) is 5.38 Å². The second-order valence-electron chi connectivity index (χ2n) is 3.39. The second kappa shape index (κ2) is 5.67. The Morgan fingerprint density at radius 1 is 1.73 bits per heavy atom. The standard InChI is InChI=1S/C9H14N2O3S/c1-6(2-3-8(12)13)10-4-7-5-15-9(14)11-7/h5-6,10H,2-4H2,1H3,(H,11,14)(H,12,13). The summed E-state index contributed by atoms with van der Waals surface area (Å²) in [6.45, 7) is 2.49. The van der Waals surface area contributed by atoms with Gasteiger partial charge in [-0.25, -0.2) is 0 Å². The molecule has 0 spiro atoms. The number of rotatable bonds is 6. The van der Waals surface area contributed by atoms with Crippen molar-refractivity contribution in [2.24, 2.45) is 0 Å². The number of carboxylic acids is 1. The van der Waals surface area contributed by atoms with Gasteiger partial charge in [-0.3, -0.25) is 9.59 Å². The van der Waals surface area contributed by atoms with E-state index in [1.165, 1.54) is 0 Å². The van der Waals surface area contributed by atoms with Gasteiger partial charge in [-0.15, -0.1) is 0 Å². The maximum atomic E-state index is 10.8. The Bertz CT molecular complexity index is 371. The fourth-order valence-electron chi connectivity index (χ4n) is 1.13. The van der Waals surface area contributed by atoms with Crippen LogP contribution in [0.2, 0.25) is 0 Å². The summed E-state index contributed by atoms with van der Waals surface area (Å²) >= 11 is 1.13. The summed E-state index contributed by atoms with van der Waals surface area (Å²) in [4.78, 5) is 23.7. The van der Waals surface area contributed by atoms with Crippen molar-refractivity contribution in [1.82, 2.24) is 10.3 Å². The van der Waals surface area contributed by atoms with Crippen LogP contribution < -0.4 is 10.2 Å². The zero-order chi connectivity index (χ0) is 11.3. The summed E-state index contributed by atoms with van der Waals surface area (Å²) in [5.74, 6) is -0.785. The van der Waals surface area contributed by atoms with Crippen LogP contribution >= 0.6 is 11.3 Å². The third-order valence-electron chi connectivity index (χ3n) is 2.00. The van der Waals surface area contributed by atoms with Gasteiger partial charge in [-0.2, -0.15) is 0 Å². The van der Waals surface area contributed by atoms with Crippen LogP contribution in [0.4, 0.5) is 0 Å². The van der Waals surface area contributed by atoms with E-state index < -0.39 is 5.97 Å². The molecule has 0 saturated heterocycles. The number of aromatic nitrogens is 1. The number of aliphatic carboxylic acids is 1. The Labute approximate surface area is 91.1 Å². The molecule has 0 fully saturated rings. The van der Waals surface area contributed by atoms with Crippen molar-refractivity contribution < 1.29 is 9.90 Å². The normalized spacial score (nSPS) is 12.6. The van der Waals surface area contributed by atoms with E-state index in [1.807, 2.05) is 6.92 Å². The molecule has 5 nitrogen and oxygen atoms in total. The summed E-state index contributed by atoms with van der Waals surface area (Å²) in [7, 11) is 0. The Hall–Kier alpha value is -1.14. The summed E-state index contributed by atoms with van der Waals surface area (Å²) in [5.41, 5.74) is 0.840. The molecule has 1 aromatic heterocycles. The number of aromatic amines is 1. The van der Waals surface area contributed by atoms with Crippen molar-refractivity contribution in [2.45, 2.75) is 32.4 Å². The van der Waals surface area contributed by atoms with Crippen molar-refractivity contribution in [1.29, 1.82) is 0 Å². The first-order valence-electron chi connectivity index (χ1n) is 4.70. The lowest BCUT2D eigenvalue weighted by Crippen LogP contribution is -2.26. The minimum Gasteiger partial charge on any atom is -0.481 e. The maximum absolute atomic E-state index is 10.8. The fraction of sp³-hybridized carbons (Fsp3) is 0.556.